The van der Waals surface area contributed by atoms with E-state index in [0.717, 1.165) is 24.3 Å². The first-order valence-electron chi connectivity index (χ1n) is 7.21. The van der Waals surface area contributed by atoms with Crippen molar-refractivity contribution in [2.75, 3.05) is 5.32 Å². The zero-order valence-electron chi connectivity index (χ0n) is 13.1. The minimum absolute atomic E-state index is 0.139. The van der Waals surface area contributed by atoms with Gasteiger partial charge in [-0.2, -0.15) is 13.2 Å². The van der Waals surface area contributed by atoms with Gasteiger partial charge in [0.05, 0.1) is 5.56 Å². The van der Waals surface area contributed by atoms with Gasteiger partial charge in [-0.3, -0.25) is 9.59 Å². The third-order valence-corrected chi connectivity index (χ3v) is 3.30. The molecule has 2 aromatic rings. The second kappa shape index (κ2) is 7.25. The zero-order chi connectivity index (χ0) is 18.6. The summed E-state index contributed by atoms with van der Waals surface area (Å²) in [7, 11) is 0. The van der Waals surface area contributed by atoms with E-state index in [1.54, 1.807) is 0 Å². The summed E-state index contributed by atoms with van der Waals surface area (Å²) in [4.78, 5) is 23.0. The van der Waals surface area contributed by atoms with Crippen molar-refractivity contribution in [2.45, 2.75) is 19.2 Å². The van der Waals surface area contributed by atoms with Crippen LogP contribution in [0.3, 0.4) is 0 Å². The quantitative estimate of drug-likeness (QED) is 0.867. The molecule has 3 N–H and O–H groups in total. The average Bonchev–Trinajstić information content (AvgIpc) is 2.55. The van der Waals surface area contributed by atoms with Crippen LogP contribution in [0.25, 0.3) is 0 Å². The molecular weight excluding hydrogens is 337 g/mol. The minimum Gasteiger partial charge on any atom is -0.481 e. The highest BCUT2D eigenvalue weighted by Gasteiger charge is 2.30. The highest BCUT2D eigenvalue weighted by atomic mass is 19.4. The van der Waals surface area contributed by atoms with Gasteiger partial charge in [0.25, 0.3) is 5.91 Å². The van der Waals surface area contributed by atoms with E-state index in [9.17, 15) is 22.8 Å². The van der Waals surface area contributed by atoms with Gasteiger partial charge in [-0.05, 0) is 55.5 Å². The first-order valence-corrected chi connectivity index (χ1v) is 7.21. The van der Waals surface area contributed by atoms with E-state index < -0.39 is 29.7 Å². The molecule has 0 aliphatic heterocycles. The molecule has 8 heteroatoms. The van der Waals surface area contributed by atoms with E-state index in [1.165, 1.54) is 31.2 Å². The van der Waals surface area contributed by atoms with E-state index in [4.69, 9.17) is 10.5 Å². The number of anilines is 1. The first-order chi connectivity index (χ1) is 11.7. The maximum Gasteiger partial charge on any atom is 0.416 e. The lowest BCUT2D eigenvalue weighted by atomic mass is 10.2. The summed E-state index contributed by atoms with van der Waals surface area (Å²) in [6, 6.07) is 9.97. The summed E-state index contributed by atoms with van der Waals surface area (Å²) in [6.07, 6.45) is -5.37. The van der Waals surface area contributed by atoms with Crippen molar-refractivity contribution >= 4 is 17.5 Å². The number of primary amides is 1. The third-order valence-electron chi connectivity index (χ3n) is 3.30. The van der Waals surface area contributed by atoms with Crippen LogP contribution in [0.1, 0.15) is 22.8 Å². The maximum atomic E-state index is 12.5. The van der Waals surface area contributed by atoms with Gasteiger partial charge < -0.3 is 15.8 Å². The van der Waals surface area contributed by atoms with Crippen molar-refractivity contribution in [3.63, 3.8) is 0 Å². The van der Waals surface area contributed by atoms with E-state index in [0.29, 0.717) is 11.3 Å². The molecule has 0 aliphatic rings. The van der Waals surface area contributed by atoms with E-state index in [2.05, 4.69) is 5.32 Å². The first kappa shape index (κ1) is 18.3. The summed E-state index contributed by atoms with van der Waals surface area (Å²) in [5.41, 5.74) is 5.05. The fraction of sp³-hybridized carbons (Fsp3) is 0.176. The number of ether oxygens (including phenoxy) is 1. The number of hydrogen-bond acceptors (Lipinski definition) is 3. The van der Waals surface area contributed by atoms with Crippen molar-refractivity contribution < 1.29 is 27.5 Å². The monoisotopic (exact) mass is 352 g/mol. The molecule has 0 radical (unpaired) electrons. The van der Waals surface area contributed by atoms with Crippen LogP contribution in [0.4, 0.5) is 18.9 Å². The number of benzene rings is 2. The molecule has 0 heterocycles. The van der Waals surface area contributed by atoms with Gasteiger partial charge in [0.1, 0.15) is 5.75 Å². The number of hydrogen-bond donors (Lipinski definition) is 2. The molecule has 132 valence electrons. The number of nitrogens with two attached hydrogens (primary N) is 1. The summed E-state index contributed by atoms with van der Waals surface area (Å²) < 4.78 is 42.8. The van der Waals surface area contributed by atoms with Gasteiger partial charge >= 0.3 is 6.18 Å². The number of alkyl halides is 3. The highest BCUT2D eigenvalue weighted by Crippen LogP contribution is 2.30. The van der Waals surface area contributed by atoms with E-state index in [1.807, 2.05) is 0 Å². The Hall–Kier alpha value is -3.03. The van der Waals surface area contributed by atoms with Crippen LogP contribution in [0.15, 0.2) is 48.5 Å². The molecule has 25 heavy (non-hydrogen) atoms. The Labute approximate surface area is 141 Å². The Morgan fingerprint density at radius 3 is 2.08 bits per heavy atom. The molecule has 0 aromatic heterocycles. The van der Waals surface area contributed by atoms with Crippen molar-refractivity contribution in [3.05, 3.63) is 59.7 Å². The van der Waals surface area contributed by atoms with Crippen molar-refractivity contribution in [3.8, 4) is 5.75 Å². The zero-order valence-corrected chi connectivity index (χ0v) is 13.1. The number of halogens is 3. The fourth-order valence-corrected chi connectivity index (χ4v) is 1.94. The van der Waals surface area contributed by atoms with Crippen LogP contribution in [0.5, 0.6) is 5.75 Å². The van der Waals surface area contributed by atoms with Crippen LogP contribution in [0, 0.1) is 0 Å². The molecule has 0 unspecified atom stereocenters. The maximum absolute atomic E-state index is 12.5. The molecule has 0 spiro atoms. The lowest BCUT2D eigenvalue weighted by Crippen LogP contribution is -2.30. The topological polar surface area (TPSA) is 81.4 Å². The Morgan fingerprint density at radius 1 is 1.04 bits per heavy atom. The van der Waals surface area contributed by atoms with Gasteiger partial charge in [-0.15, -0.1) is 0 Å². The summed E-state index contributed by atoms with van der Waals surface area (Å²) in [5.74, 6) is -0.941. The highest BCUT2D eigenvalue weighted by molar-refractivity contribution is 5.96. The molecule has 0 aliphatic carbocycles. The lowest BCUT2D eigenvalue weighted by Gasteiger charge is -2.15. The van der Waals surface area contributed by atoms with Crippen LogP contribution < -0.4 is 15.8 Å². The fourth-order valence-electron chi connectivity index (χ4n) is 1.94. The molecule has 0 fully saturated rings. The predicted molar refractivity (Wildman–Crippen MR) is 85.1 cm³/mol. The summed E-state index contributed by atoms with van der Waals surface area (Å²) >= 11 is 0. The number of carbonyl (C=O) groups excluding carboxylic acids is 2. The second-order valence-electron chi connectivity index (χ2n) is 5.21. The van der Waals surface area contributed by atoms with Gasteiger partial charge in [-0.1, -0.05) is 0 Å². The molecule has 5 nitrogen and oxygen atoms in total. The van der Waals surface area contributed by atoms with Gasteiger partial charge in [0, 0.05) is 11.3 Å². The Bertz CT molecular complexity index is 756. The standard InChI is InChI=1S/C17H15F3N2O3/c1-10(25-14-8-4-12(5-9-14)17(18,19)20)16(24)22-13-6-2-11(3-7-13)15(21)23/h2-10H,1H3,(H2,21,23)(H,22,24)/t10-/m0/s1. The number of nitrogens with one attached hydrogen (secondary N) is 1. The predicted octanol–water partition coefficient (Wildman–Crippen LogP) is 3.21. The van der Waals surface area contributed by atoms with Crippen LogP contribution in [-0.4, -0.2) is 17.9 Å². The van der Waals surface area contributed by atoms with Gasteiger partial charge in [0.2, 0.25) is 5.91 Å². The van der Waals surface area contributed by atoms with Crippen LogP contribution in [0.2, 0.25) is 0 Å². The minimum atomic E-state index is -4.43. The summed E-state index contributed by atoms with van der Waals surface area (Å²) in [5, 5.41) is 2.57. The number of amides is 2. The molecule has 2 amide bonds. The smallest absolute Gasteiger partial charge is 0.416 e. The normalized spacial score (nSPS) is 12.3. The Morgan fingerprint density at radius 2 is 1.60 bits per heavy atom. The van der Waals surface area contributed by atoms with E-state index >= 15 is 0 Å². The lowest BCUT2D eigenvalue weighted by molar-refractivity contribution is -0.137. The van der Waals surface area contributed by atoms with Gasteiger partial charge in [-0.25, -0.2) is 0 Å². The molecule has 0 saturated carbocycles. The van der Waals surface area contributed by atoms with Crippen LogP contribution in [-0.2, 0) is 11.0 Å². The van der Waals surface area contributed by atoms with Crippen molar-refractivity contribution in [1.82, 2.24) is 0 Å². The number of rotatable bonds is 5. The molecule has 1 atom stereocenters. The van der Waals surface area contributed by atoms with E-state index in [-0.39, 0.29) is 5.75 Å². The number of carbonyl (C=O) groups is 2. The summed E-state index contributed by atoms with van der Waals surface area (Å²) in [6.45, 7) is 1.46. The molecule has 0 saturated heterocycles. The van der Waals surface area contributed by atoms with Gasteiger partial charge in [0.15, 0.2) is 6.10 Å². The largest absolute Gasteiger partial charge is 0.481 e. The average molecular weight is 352 g/mol. The molecule has 2 aromatic carbocycles. The van der Waals surface area contributed by atoms with Crippen molar-refractivity contribution in [2.24, 2.45) is 5.73 Å². The third kappa shape index (κ3) is 4.97. The Balaban J connectivity index is 1.96. The van der Waals surface area contributed by atoms with Crippen LogP contribution >= 0.6 is 0 Å². The van der Waals surface area contributed by atoms with Crippen molar-refractivity contribution in [1.29, 1.82) is 0 Å². The Kier molecular flexibility index (Phi) is 5.31. The second-order valence-corrected chi connectivity index (χ2v) is 5.21. The molecule has 2 rings (SSSR count). The molecular formula is C17H15F3N2O3. The SMILES string of the molecule is C[C@H](Oc1ccc(C(F)(F)F)cc1)C(=O)Nc1ccc(C(N)=O)cc1. The molecule has 0 bridgehead atoms.